The number of hydrogen-bond acceptors (Lipinski definition) is 2. The fraction of sp³-hybridized carbons (Fsp3) is 0.0769. The summed E-state index contributed by atoms with van der Waals surface area (Å²) in [4.78, 5) is -0.583. The van der Waals surface area contributed by atoms with E-state index in [2.05, 4.69) is 4.72 Å². The van der Waals surface area contributed by atoms with Gasteiger partial charge in [-0.05, 0) is 36.4 Å². The van der Waals surface area contributed by atoms with Crippen molar-refractivity contribution in [2.24, 2.45) is 0 Å². The number of nitrogens with one attached hydrogen (secondary N) is 1. The summed E-state index contributed by atoms with van der Waals surface area (Å²) in [5.74, 6) is 0. The second-order valence-corrected chi connectivity index (χ2v) is 7.28. The highest BCUT2D eigenvalue weighted by atomic mass is 35.5. The molecule has 1 N–H and O–H groups in total. The van der Waals surface area contributed by atoms with Gasteiger partial charge in [0.15, 0.2) is 0 Å². The molecule has 23 heavy (non-hydrogen) atoms. The normalized spacial score (nSPS) is 12.3. The van der Waals surface area contributed by atoms with Gasteiger partial charge in [-0.15, -0.1) is 0 Å². The van der Waals surface area contributed by atoms with Crippen LogP contribution in [-0.2, 0) is 16.2 Å². The van der Waals surface area contributed by atoms with Crippen molar-refractivity contribution in [2.45, 2.75) is 11.1 Å². The molecule has 0 spiro atoms. The summed E-state index contributed by atoms with van der Waals surface area (Å²) in [6.07, 6.45) is -4.77. The molecule has 0 amide bonds. The lowest BCUT2D eigenvalue weighted by Crippen LogP contribution is -2.15. The number of benzene rings is 2. The van der Waals surface area contributed by atoms with Gasteiger partial charge in [-0.3, -0.25) is 4.72 Å². The van der Waals surface area contributed by atoms with Crippen LogP contribution in [0.3, 0.4) is 0 Å². The third-order valence-electron chi connectivity index (χ3n) is 2.73. The Kier molecular flexibility index (Phi) is 5.06. The van der Waals surface area contributed by atoms with Crippen molar-refractivity contribution in [3.63, 3.8) is 0 Å². The summed E-state index contributed by atoms with van der Waals surface area (Å²) in [6, 6.07) is 6.21. The Hall–Kier alpha value is -1.15. The first-order valence-corrected chi connectivity index (χ1v) is 8.47. The Morgan fingerprint density at radius 3 is 2.04 bits per heavy atom. The standard InChI is InChI=1S/C13H7Cl3F3NO2S/c14-10-4-2-8(6-9(10)13(17,18)19)23(21,22)20-7-1-3-11(15)12(16)5-7/h1-6,20H. The lowest BCUT2D eigenvalue weighted by Gasteiger charge is -2.13. The molecule has 2 aromatic carbocycles. The quantitative estimate of drug-likeness (QED) is 0.738. The lowest BCUT2D eigenvalue weighted by molar-refractivity contribution is -0.137. The molecular weight excluding hydrogens is 398 g/mol. The topological polar surface area (TPSA) is 46.2 Å². The molecule has 0 saturated heterocycles. The van der Waals surface area contributed by atoms with Crippen molar-refractivity contribution in [3.05, 3.63) is 57.0 Å². The van der Waals surface area contributed by atoms with E-state index in [1.54, 1.807) is 0 Å². The number of sulfonamides is 1. The Labute approximate surface area is 145 Å². The Bertz CT molecular complexity index is 854. The molecule has 3 nitrogen and oxygen atoms in total. The van der Waals surface area contributed by atoms with E-state index in [1.165, 1.54) is 18.2 Å². The highest BCUT2D eigenvalue weighted by Crippen LogP contribution is 2.36. The van der Waals surface area contributed by atoms with E-state index in [4.69, 9.17) is 34.8 Å². The molecule has 0 heterocycles. The van der Waals surface area contributed by atoms with Crippen LogP contribution in [0.25, 0.3) is 0 Å². The Morgan fingerprint density at radius 2 is 1.48 bits per heavy atom. The first kappa shape index (κ1) is 18.2. The van der Waals surface area contributed by atoms with Gasteiger partial charge in [0.2, 0.25) is 0 Å². The Balaban J connectivity index is 2.42. The van der Waals surface area contributed by atoms with Gasteiger partial charge in [0.25, 0.3) is 10.0 Å². The van der Waals surface area contributed by atoms with Crippen molar-refractivity contribution in [3.8, 4) is 0 Å². The van der Waals surface area contributed by atoms with E-state index in [0.717, 1.165) is 12.1 Å². The van der Waals surface area contributed by atoms with Gasteiger partial charge in [0, 0.05) is 0 Å². The van der Waals surface area contributed by atoms with E-state index in [1.807, 2.05) is 0 Å². The molecule has 0 atom stereocenters. The van der Waals surface area contributed by atoms with Gasteiger partial charge in [0.05, 0.1) is 31.2 Å². The van der Waals surface area contributed by atoms with Crippen LogP contribution in [-0.4, -0.2) is 8.42 Å². The number of anilines is 1. The summed E-state index contributed by atoms with van der Waals surface area (Å²) in [6.45, 7) is 0. The molecule has 0 radical (unpaired) electrons. The first-order chi connectivity index (χ1) is 10.5. The molecule has 0 unspecified atom stereocenters. The molecular formula is C13H7Cl3F3NO2S. The summed E-state index contributed by atoms with van der Waals surface area (Å²) in [5, 5.41) is -0.287. The van der Waals surface area contributed by atoms with Gasteiger partial charge in [-0.2, -0.15) is 13.2 Å². The van der Waals surface area contributed by atoms with Crippen LogP contribution in [0, 0.1) is 0 Å². The maximum atomic E-state index is 12.8. The fourth-order valence-electron chi connectivity index (χ4n) is 1.66. The zero-order valence-corrected chi connectivity index (χ0v) is 14.0. The highest BCUT2D eigenvalue weighted by molar-refractivity contribution is 7.92. The second kappa shape index (κ2) is 6.39. The zero-order chi connectivity index (χ0) is 17.4. The van der Waals surface area contributed by atoms with E-state index in [9.17, 15) is 21.6 Å². The van der Waals surface area contributed by atoms with E-state index in [-0.39, 0.29) is 15.7 Å². The summed E-state index contributed by atoms with van der Waals surface area (Å²) < 4.78 is 64.9. The van der Waals surface area contributed by atoms with Crippen molar-refractivity contribution < 1.29 is 21.6 Å². The molecule has 0 aromatic heterocycles. The van der Waals surface area contributed by atoms with Crippen LogP contribution < -0.4 is 4.72 Å². The van der Waals surface area contributed by atoms with Crippen molar-refractivity contribution >= 4 is 50.5 Å². The third-order valence-corrected chi connectivity index (χ3v) is 5.17. The predicted molar refractivity (Wildman–Crippen MR) is 83.7 cm³/mol. The van der Waals surface area contributed by atoms with Gasteiger partial charge >= 0.3 is 6.18 Å². The molecule has 2 rings (SSSR count). The maximum Gasteiger partial charge on any atom is 0.417 e. The molecule has 2 aromatic rings. The van der Waals surface area contributed by atoms with Gasteiger partial charge < -0.3 is 0 Å². The van der Waals surface area contributed by atoms with E-state index >= 15 is 0 Å². The average Bonchev–Trinajstić information content (AvgIpc) is 2.41. The predicted octanol–water partition coefficient (Wildman–Crippen LogP) is 5.47. The minimum atomic E-state index is -4.77. The van der Waals surface area contributed by atoms with E-state index < -0.39 is 31.7 Å². The van der Waals surface area contributed by atoms with Crippen LogP contribution >= 0.6 is 34.8 Å². The molecule has 10 heteroatoms. The lowest BCUT2D eigenvalue weighted by atomic mass is 10.2. The van der Waals surface area contributed by atoms with Crippen molar-refractivity contribution in [1.29, 1.82) is 0 Å². The number of alkyl halides is 3. The molecule has 124 valence electrons. The van der Waals surface area contributed by atoms with E-state index in [0.29, 0.717) is 6.07 Å². The monoisotopic (exact) mass is 403 g/mol. The average molecular weight is 405 g/mol. The summed E-state index contributed by atoms with van der Waals surface area (Å²) in [5.41, 5.74) is -1.18. The maximum absolute atomic E-state index is 12.8. The van der Waals surface area contributed by atoms with Crippen LogP contribution in [0.15, 0.2) is 41.3 Å². The van der Waals surface area contributed by atoms with Gasteiger partial charge in [-0.25, -0.2) is 8.42 Å². The minimum absolute atomic E-state index is 0.0582. The van der Waals surface area contributed by atoms with Crippen LogP contribution in [0.2, 0.25) is 15.1 Å². The fourth-order valence-corrected chi connectivity index (χ4v) is 3.26. The smallest absolute Gasteiger partial charge is 0.280 e. The van der Waals surface area contributed by atoms with Crippen molar-refractivity contribution in [2.75, 3.05) is 4.72 Å². The minimum Gasteiger partial charge on any atom is -0.280 e. The highest BCUT2D eigenvalue weighted by Gasteiger charge is 2.34. The molecule has 0 aliphatic rings. The summed E-state index contributed by atoms with van der Waals surface area (Å²) >= 11 is 16.9. The number of halogens is 6. The van der Waals surface area contributed by atoms with Crippen molar-refractivity contribution in [1.82, 2.24) is 0 Å². The van der Waals surface area contributed by atoms with Crippen LogP contribution in [0.1, 0.15) is 5.56 Å². The largest absolute Gasteiger partial charge is 0.417 e. The van der Waals surface area contributed by atoms with Crippen LogP contribution in [0.4, 0.5) is 18.9 Å². The molecule has 0 bridgehead atoms. The molecule has 0 fully saturated rings. The zero-order valence-electron chi connectivity index (χ0n) is 11.0. The SMILES string of the molecule is O=S(=O)(Nc1ccc(Cl)c(Cl)c1)c1ccc(Cl)c(C(F)(F)F)c1. The molecule has 0 aliphatic carbocycles. The van der Waals surface area contributed by atoms with Gasteiger partial charge in [-0.1, -0.05) is 34.8 Å². The Morgan fingerprint density at radius 1 is 0.870 bits per heavy atom. The third kappa shape index (κ3) is 4.23. The molecule has 0 saturated carbocycles. The van der Waals surface area contributed by atoms with Gasteiger partial charge in [0.1, 0.15) is 0 Å². The van der Waals surface area contributed by atoms with Crippen LogP contribution in [0.5, 0.6) is 0 Å². The number of hydrogen-bond donors (Lipinski definition) is 1. The molecule has 0 aliphatic heterocycles. The second-order valence-electron chi connectivity index (χ2n) is 4.37. The summed E-state index contributed by atoms with van der Waals surface area (Å²) in [7, 11) is -4.25. The first-order valence-electron chi connectivity index (χ1n) is 5.85. The number of rotatable bonds is 3.